The first kappa shape index (κ1) is 17.0. The first-order chi connectivity index (χ1) is 9.27. The van der Waals surface area contributed by atoms with Crippen LogP contribution in [0.1, 0.15) is 34.1 Å². The maximum Gasteiger partial charge on any atom is 0.0617 e. The minimum Gasteiger partial charge on any atom is -0.397 e. The normalized spacial score (nSPS) is 8.42. The summed E-state index contributed by atoms with van der Waals surface area (Å²) >= 11 is 0. The van der Waals surface area contributed by atoms with Crippen LogP contribution in [-0.4, -0.2) is 0 Å². The van der Waals surface area contributed by atoms with E-state index >= 15 is 0 Å². The molecule has 104 valence electrons. The summed E-state index contributed by atoms with van der Waals surface area (Å²) < 4.78 is 0. The molecule has 19 heavy (non-hydrogen) atoms. The zero-order chi connectivity index (χ0) is 14.5. The number of para-hydroxylation sites is 3. The van der Waals surface area contributed by atoms with Crippen molar-refractivity contribution in [3.63, 3.8) is 0 Å². The Labute approximate surface area is 117 Å². The van der Waals surface area contributed by atoms with Crippen molar-refractivity contribution >= 4 is 17.1 Å². The molecule has 0 unspecified atom stereocenters. The van der Waals surface area contributed by atoms with Gasteiger partial charge in [-0.1, -0.05) is 64.4 Å². The molecule has 0 heterocycles. The fraction of sp³-hybridized carbons (Fsp3) is 0.294. The van der Waals surface area contributed by atoms with E-state index in [0.717, 1.165) is 17.1 Å². The number of hydrogen-bond acceptors (Lipinski definition) is 2. The summed E-state index contributed by atoms with van der Waals surface area (Å²) in [7, 11) is 0. The Kier molecular flexibility index (Phi) is 10.00. The molecule has 2 nitrogen and oxygen atoms in total. The van der Waals surface area contributed by atoms with Crippen molar-refractivity contribution < 1.29 is 0 Å². The third-order valence-corrected chi connectivity index (χ3v) is 2.01. The largest absolute Gasteiger partial charge is 0.397 e. The molecule has 2 aromatic carbocycles. The topological polar surface area (TPSA) is 38.0 Å². The van der Waals surface area contributed by atoms with E-state index in [1.54, 1.807) is 0 Å². The molecule has 0 aliphatic heterocycles. The van der Waals surface area contributed by atoms with Crippen molar-refractivity contribution in [2.75, 3.05) is 11.1 Å². The monoisotopic (exact) mass is 258 g/mol. The maximum absolute atomic E-state index is 5.81. The smallest absolute Gasteiger partial charge is 0.0617 e. The number of nitrogen functional groups attached to an aromatic ring is 1. The van der Waals surface area contributed by atoms with E-state index in [1.165, 1.54) is 6.42 Å². The van der Waals surface area contributed by atoms with Crippen molar-refractivity contribution in [3.05, 3.63) is 54.6 Å². The summed E-state index contributed by atoms with van der Waals surface area (Å²) in [5.41, 5.74) is 8.56. The van der Waals surface area contributed by atoms with Gasteiger partial charge in [-0.2, -0.15) is 0 Å². The first-order valence-corrected chi connectivity index (χ1v) is 6.94. The van der Waals surface area contributed by atoms with Crippen LogP contribution < -0.4 is 11.1 Å². The summed E-state index contributed by atoms with van der Waals surface area (Å²) in [5, 5.41) is 3.25. The highest BCUT2D eigenvalue weighted by molar-refractivity contribution is 5.72. The summed E-state index contributed by atoms with van der Waals surface area (Å²) in [6.45, 7) is 8.25. The van der Waals surface area contributed by atoms with Crippen LogP contribution in [0.15, 0.2) is 54.6 Å². The molecule has 0 spiro atoms. The van der Waals surface area contributed by atoms with Crippen LogP contribution >= 0.6 is 0 Å². The van der Waals surface area contributed by atoms with Crippen LogP contribution in [0.4, 0.5) is 17.1 Å². The van der Waals surface area contributed by atoms with Crippen LogP contribution in [-0.2, 0) is 0 Å². The van der Waals surface area contributed by atoms with Gasteiger partial charge >= 0.3 is 0 Å². The molecule has 0 amide bonds. The van der Waals surface area contributed by atoms with Crippen molar-refractivity contribution in [3.8, 4) is 0 Å². The molecule has 2 aromatic rings. The van der Waals surface area contributed by atoms with Crippen LogP contribution in [0, 0.1) is 0 Å². The van der Waals surface area contributed by atoms with Gasteiger partial charge in [-0.25, -0.2) is 0 Å². The molecule has 0 aliphatic rings. The second kappa shape index (κ2) is 11.1. The molecule has 0 atom stereocenters. The van der Waals surface area contributed by atoms with E-state index < -0.39 is 0 Å². The third kappa shape index (κ3) is 7.14. The summed E-state index contributed by atoms with van der Waals surface area (Å²) in [6, 6.07) is 17.7. The van der Waals surface area contributed by atoms with Crippen molar-refractivity contribution in [2.45, 2.75) is 34.1 Å². The lowest BCUT2D eigenvalue weighted by Gasteiger charge is -2.08. The van der Waals surface area contributed by atoms with Gasteiger partial charge in [0.05, 0.1) is 11.4 Å². The Balaban J connectivity index is 0.000000573. The highest BCUT2D eigenvalue weighted by Crippen LogP contribution is 2.21. The van der Waals surface area contributed by atoms with E-state index in [4.69, 9.17) is 5.73 Å². The number of benzene rings is 2. The zero-order valence-corrected chi connectivity index (χ0v) is 12.5. The van der Waals surface area contributed by atoms with E-state index in [0.29, 0.717) is 0 Å². The summed E-state index contributed by atoms with van der Waals surface area (Å²) in [6.07, 6.45) is 1.25. The fourth-order valence-electron chi connectivity index (χ4n) is 1.29. The van der Waals surface area contributed by atoms with E-state index in [-0.39, 0.29) is 0 Å². The predicted octanol–water partition coefficient (Wildman–Crippen LogP) is 5.45. The maximum atomic E-state index is 5.81. The van der Waals surface area contributed by atoms with Crippen LogP contribution in [0.25, 0.3) is 0 Å². The van der Waals surface area contributed by atoms with E-state index in [2.05, 4.69) is 19.2 Å². The third-order valence-electron chi connectivity index (χ3n) is 2.01. The number of nitrogens with one attached hydrogen (secondary N) is 1. The van der Waals surface area contributed by atoms with Gasteiger partial charge in [-0.3, -0.25) is 0 Å². The van der Waals surface area contributed by atoms with Gasteiger partial charge < -0.3 is 11.1 Å². The Morgan fingerprint density at radius 2 is 1.32 bits per heavy atom. The van der Waals surface area contributed by atoms with Gasteiger partial charge in [-0.05, 0) is 24.3 Å². The van der Waals surface area contributed by atoms with Crippen LogP contribution in [0.5, 0.6) is 0 Å². The van der Waals surface area contributed by atoms with Gasteiger partial charge in [0.15, 0.2) is 0 Å². The number of nitrogens with two attached hydrogens (primary N) is 1. The lowest BCUT2D eigenvalue weighted by molar-refractivity contribution is 1.09. The van der Waals surface area contributed by atoms with Crippen molar-refractivity contribution in [2.24, 2.45) is 0 Å². The molecule has 0 fully saturated rings. The molecule has 0 radical (unpaired) electrons. The van der Waals surface area contributed by atoms with Crippen LogP contribution in [0.3, 0.4) is 0 Å². The van der Waals surface area contributed by atoms with Crippen molar-refractivity contribution in [1.29, 1.82) is 0 Å². The zero-order valence-electron chi connectivity index (χ0n) is 12.5. The highest BCUT2D eigenvalue weighted by atomic mass is 14.9. The SMILES string of the molecule is CC.CCC.Nc1ccccc1Nc1ccccc1. The van der Waals surface area contributed by atoms with Gasteiger partial charge in [-0.15, -0.1) is 0 Å². The molecule has 3 N–H and O–H groups in total. The number of anilines is 3. The fourth-order valence-corrected chi connectivity index (χ4v) is 1.29. The molecule has 0 bridgehead atoms. The Bertz CT molecular complexity index is 424. The minimum absolute atomic E-state index is 0.761. The van der Waals surface area contributed by atoms with Gasteiger partial charge in [0.25, 0.3) is 0 Å². The minimum atomic E-state index is 0.761. The summed E-state index contributed by atoms with van der Waals surface area (Å²) in [4.78, 5) is 0. The quantitative estimate of drug-likeness (QED) is 0.702. The Morgan fingerprint density at radius 1 is 0.842 bits per heavy atom. The van der Waals surface area contributed by atoms with Gasteiger partial charge in [0.1, 0.15) is 0 Å². The predicted molar refractivity (Wildman–Crippen MR) is 87.9 cm³/mol. The second-order valence-corrected chi connectivity index (χ2v) is 3.79. The first-order valence-electron chi connectivity index (χ1n) is 6.94. The van der Waals surface area contributed by atoms with E-state index in [1.807, 2.05) is 68.4 Å². The average molecular weight is 258 g/mol. The molecule has 0 saturated carbocycles. The Morgan fingerprint density at radius 3 is 1.84 bits per heavy atom. The molecule has 0 aromatic heterocycles. The van der Waals surface area contributed by atoms with Crippen molar-refractivity contribution in [1.82, 2.24) is 0 Å². The lowest BCUT2D eigenvalue weighted by Crippen LogP contribution is -1.94. The van der Waals surface area contributed by atoms with Gasteiger partial charge in [0, 0.05) is 5.69 Å². The average Bonchev–Trinajstić information content (AvgIpc) is 2.46. The second-order valence-electron chi connectivity index (χ2n) is 3.79. The van der Waals surface area contributed by atoms with Crippen LogP contribution in [0.2, 0.25) is 0 Å². The van der Waals surface area contributed by atoms with E-state index in [9.17, 15) is 0 Å². The molecule has 0 saturated heterocycles. The Hall–Kier alpha value is -1.96. The highest BCUT2D eigenvalue weighted by Gasteiger charge is 1.96. The summed E-state index contributed by atoms with van der Waals surface area (Å²) in [5.74, 6) is 0. The lowest BCUT2D eigenvalue weighted by atomic mass is 10.2. The molecule has 0 aliphatic carbocycles. The molecule has 2 heteroatoms. The van der Waals surface area contributed by atoms with Gasteiger partial charge in [0.2, 0.25) is 0 Å². The molecule has 2 rings (SSSR count). The number of rotatable bonds is 2. The molecular weight excluding hydrogens is 232 g/mol. The number of hydrogen-bond donors (Lipinski definition) is 2. The standard InChI is InChI=1S/C12H12N2.C3H8.C2H6/c13-11-8-4-5-9-12(11)14-10-6-2-1-3-7-10;1-3-2;1-2/h1-9,14H,13H2;3H2,1-2H3;1-2H3. The molecular formula is C17H26N2.